The molecular formula is C36H51N3O2. The quantitative estimate of drug-likeness (QED) is 0.113. The molecule has 1 saturated heterocycles. The van der Waals surface area contributed by atoms with Crippen molar-refractivity contribution in [3.8, 4) is 5.75 Å². The molecule has 2 aromatic rings. The van der Waals surface area contributed by atoms with Gasteiger partial charge in [0.1, 0.15) is 18.6 Å². The number of piperidine rings is 1. The number of rotatable bonds is 19. The van der Waals surface area contributed by atoms with Gasteiger partial charge in [0.05, 0.1) is 0 Å². The summed E-state index contributed by atoms with van der Waals surface area (Å²) in [5.74, 6) is 0.977. The lowest BCUT2D eigenvalue weighted by Gasteiger charge is -2.27. The number of fused-ring (bicyclic) bond motifs is 1. The molecule has 0 radical (unpaired) electrons. The molecule has 1 atom stereocenters. The van der Waals surface area contributed by atoms with E-state index < -0.39 is 0 Å². The summed E-state index contributed by atoms with van der Waals surface area (Å²) < 4.78 is 5.95. The van der Waals surface area contributed by atoms with E-state index in [1.165, 1.54) is 86.7 Å². The summed E-state index contributed by atoms with van der Waals surface area (Å²) >= 11 is 0. The van der Waals surface area contributed by atoms with Crippen molar-refractivity contribution < 1.29 is 9.53 Å². The molecule has 2 aromatic carbocycles. The lowest BCUT2D eigenvalue weighted by atomic mass is 10.0. The number of hydrogen-bond acceptors (Lipinski definition) is 5. The average molecular weight is 558 g/mol. The highest BCUT2D eigenvalue weighted by Gasteiger charge is 2.26. The van der Waals surface area contributed by atoms with Crippen LogP contribution in [-0.4, -0.2) is 54.9 Å². The predicted octanol–water partition coefficient (Wildman–Crippen LogP) is 7.15. The summed E-state index contributed by atoms with van der Waals surface area (Å²) in [6.45, 7) is 15.4. The van der Waals surface area contributed by atoms with Gasteiger partial charge in [0.2, 0.25) is 0 Å². The van der Waals surface area contributed by atoms with Crippen LogP contribution in [-0.2, 0) is 24.3 Å². The molecule has 2 heterocycles. The van der Waals surface area contributed by atoms with Crippen molar-refractivity contribution in [2.24, 2.45) is 0 Å². The van der Waals surface area contributed by atoms with Crippen LogP contribution in [0.2, 0.25) is 0 Å². The summed E-state index contributed by atoms with van der Waals surface area (Å²) in [6, 6.07) is 15.6. The number of likely N-dealkylation sites (tertiary alicyclic amines) is 1. The van der Waals surface area contributed by atoms with Gasteiger partial charge in [-0.15, -0.1) is 6.58 Å². The molecular weight excluding hydrogens is 506 g/mol. The number of hydrogen-bond donors (Lipinski definition) is 1. The van der Waals surface area contributed by atoms with E-state index in [9.17, 15) is 4.79 Å². The van der Waals surface area contributed by atoms with Gasteiger partial charge in [0, 0.05) is 43.4 Å². The van der Waals surface area contributed by atoms with Gasteiger partial charge in [0.25, 0.3) is 0 Å². The van der Waals surface area contributed by atoms with E-state index in [1.54, 1.807) is 0 Å². The van der Waals surface area contributed by atoms with Gasteiger partial charge >= 0.3 is 0 Å². The maximum atomic E-state index is 10.8. The van der Waals surface area contributed by atoms with Crippen molar-refractivity contribution in [2.75, 3.05) is 32.8 Å². The van der Waals surface area contributed by atoms with Crippen LogP contribution in [0.25, 0.3) is 5.70 Å². The van der Waals surface area contributed by atoms with E-state index in [4.69, 9.17) is 4.74 Å². The van der Waals surface area contributed by atoms with Crippen molar-refractivity contribution in [3.05, 3.63) is 84.0 Å². The van der Waals surface area contributed by atoms with Crippen molar-refractivity contribution in [3.63, 3.8) is 0 Å². The third kappa shape index (κ3) is 9.86. The Bertz CT molecular complexity index is 1090. The van der Waals surface area contributed by atoms with Crippen LogP contribution in [0.1, 0.15) is 86.5 Å². The van der Waals surface area contributed by atoms with Crippen LogP contribution in [0.15, 0.2) is 61.7 Å². The molecule has 222 valence electrons. The SMILES string of the molecule is C=CC(CCC=O)N1Cc2cc(CCCCCCCNCc3ccc(OCCN4CCCCC4)cc3)ccc2C1=C. The predicted molar refractivity (Wildman–Crippen MR) is 171 cm³/mol. The normalized spacial score (nSPS) is 16.0. The number of ether oxygens (including phenoxy) is 1. The standard InChI is InChI=1S/C36H51N3O2/c1-3-34(14-12-25-40)39-29-33-27-31(17-20-36(33)30(39)2)13-8-5-4-6-9-21-37-28-32-15-18-35(19-16-32)41-26-24-38-22-10-7-11-23-38/h3,15-20,25,27,34,37H,1-2,4-14,21-24,26,28-29H2. The molecule has 0 saturated carbocycles. The Labute approximate surface area is 248 Å². The third-order valence-electron chi connectivity index (χ3n) is 8.62. The van der Waals surface area contributed by atoms with Crippen LogP contribution in [0.3, 0.4) is 0 Å². The lowest BCUT2D eigenvalue weighted by Crippen LogP contribution is -2.33. The minimum atomic E-state index is 0.164. The zero-order chi connectivity index (χ0) is 28.7. The van der Waals surface area contributed by atoms with Gasteiger partial charge in [-0.05, 0) is 87.0 Å². The summed E-state index contributed by atoms with van der Waals surface area (Å²) in [5.41, 5.74) is 6.38. The second kappa shape index (κ2) is 17.2. The summed E-state index contributed by atoms with van der Waals surface area (Å²) in [7, 11) is 0. The molecule has 2 aliphatic heterocycles. The molecule has 0 spiro atoms. The molecule has 0 amide bonds. The van der Waals surface area contributed by atoms with Crippen molar-refractivity contribution in [1.82, 2.24) is 15.1 Å². The Balaban J connectivity index is 1.03. The Morgan fingerprint density at radius 2 is 1.71 bits per heavy atom. The highest BCUT2D eigenvalue weighted by atomic mass is 16.5. The van der Waals surface area contributed by atoms with Crippen LogP contribution in [0.4, 0.5) is 0 Å². The summed E-state index contributed by atoms with van der Waals surface area (Å²) in [6.07, 6.45) is 15.8. The van der Waals surface area contributed by atoms with E-state index in [1.807, 2.05) is 6.08 Å². The maximum Gasteiger partial charge on any atom is 0.120 e. The first-order chi connectivity index (χ1) is 20.2. The van der Waals surface area contributed by atoms with Crippen LogP contribution < -0.4 is 10.1 Å². The summed E-state index contributed by atoms with van der Waals surface area (Å²) in [5, 5.41) is 3.60. The van der Waals surface area contributed by atoms with Gasteiger partial charge < -0.3 is 19.7 Å². The molecule has 1 unspecified atom stereocenters. The molecule has 2 aliphatic rings. The van der Waals surface area contributed by atoms with Gasteiger partial charge in [-0.2, -0.15) is 0 Å². The number of carbonyl (C=O) groups is 1. The fourth-order valence-corrected chi connectivity index (χ4v) is 6.13. The first-order valence-electron chi connectivity index (χ1n) is 16.0. The number of nitrogens with one attached hydrogen (secondary N) is 1. The first kappa shape index (κ1) is 31.1. The maximum absolute atomic E-state index is 10.8. The van der Waals surface area contributed by atoms with Gasteiger partial charge in [-0.1, -0.05) is 68.7 Å². The molecule has 0 bridgehead atoms. The average Bonchev–Trinajstić information content (AvgIpc) is 3.33. The van der Waals surface area contributed by atoms with E-state index in [2.05, 4.69) is 70.7 Å². The highest BCUT2D eigenvalue weighted by Crippen LogP contribution is 2.35. The fourth-order valence-electron chi connectivity index (χ4n) is 6.13. The number of nitrogens with zero attached hydrogens (tertiary/aromatic N) is 2. The number of benzene rings is 2. The molecule has 4 rings (SSSR count). The second-order valence-corrected chi connectivity index (χ2v) is 11.7. The molecule has 1 N–H and O–H groups in total. The number of carbonyl (C=O) groups excluding carboxylic acids is 1. The topological polar surface area (TPSA) is 44.8 Å². The number of unbranched alkanes of at least 4 members (excludes halogenated alkanes) is 4. The molecule has 0 aromatic heterocycles. The van der Waals surface area contributed by atoms with Gasteiger partial charge in [-0.3, -0.25) is 4.90 Å². The molecule has 0 aliphatic carbocycles. The van der Waals surface area contributed by atoms with Gasteiger partial charge in [0.15, 0.2) is 0 Å². The minimum Gasteiger partial charge on any atom is -0.492 e. The monoisotopic (exact) mass is 557 g/mol. The smallest absolute Gasteiger partial charge is 0.120 e. The van der Waals surface area contributed by atoms with Crippen LogP contribution in [0.5, 0.6) is 5.75 Å². The fraction of sp³-hybridized carbons (Fsp3) is 0.528. The zero-order valence-corrected chi connectivity index (χ0v) is 25.1. The van der Waals surface area contributed by atoms with E-state index in [0.29, 0.717) is 6.42 Å². The Hall–Kier alpha value is -2.89. The Morgan fingerprint density at radius 1 is 0.951 bits per heavy atom. The largest absolute Gasteiger partial charge is 0.492 e. The third-order valence-corrected chi connectivity index (χ3v) is 8.62. The minimum absolute atomic E-state index is 0.164. The summed E-state index contributed by atoms with van der Waals surface area (Å²) in [4.78, 5) is 15.6. The van der Waals surface area contributed by atoms with Crippen molar-refractivity contribution >= 4 is 12.0 Å². The van der Waals surface area contributed by atoms with Crippen LogP contribution in [0, 0.1) is 0 Å². The van der Waals surface area contributed by atoms with Crippen LogP contribution >= 0.6 is 0 Å². The van der Waals surface area contributed by atoms with E-state index >= 15 is 0 Å². The molecule has 41 heavy (non-hydrogen) atoms. The molecule has 5 nitrogen and oxygen atoms in total. The van der Waals surface area contributed by atoms with E-state index in [0.717, 1.165) is 63.4 Å². The van der Waals surface area contributed by atoms with Crippen molar-refractivity contribution in [2.45, 2.75) is 89.8 Å². The molecule has 5 heteroatoms. The second-order valence-electron chi connectivity index (χ2n) is 11.7. The molecule has 1 fully saturated rings. The van der Waals surface area contributed by atoms with Crippen molar-refractivity contribution in [1.29, 1.82) is 0 Å². The zero-order valence-electron chi connectivity index (χ0n) is 25.1. The highest BCUT2D eigenvalue weighted by molar-refractivity contribution is 5.70. The van der Waals surface area contributed by atoms with Gasteiger partial charge in [-0.25, -0.2) is 0 Å². The number of aldehydes is 1. The lowest BCUT2D eigenvalue weighted by molar-refractivity contribution is -0.108. The first-order valence-corrected chi connectivity index (χ1v) is 16.0. The Kier molecular flexibility index (Phi) is 13.0. The Morgan fingerprint density at radius 3 is 2.49 bits per heavy atom. The number of aryl methyl sites for hydroxylation is 1. The van der Waals surface area contributed by atoms with E-state index in [-0.39, 0.29) is 6.04 Å².